The van der Waals surface area contributed by atoms with Gasteiger partial charge in [0.05, 0.1) is 19.6 Å². The molecule has 2 aromatic rings. The van der Waals surface area contributed by atoms with Gasteiger partial charge in [-0.2, -0.15) is 0 Å². The number of amides is 2. The number of anilines is 2. The van der Waals surface area contributed by atoms with Crippen LogP contribution in [0.25, 0.3) is 0 Å². The first-order valence-corrected chi connectivity index (χ1v) is 11.2. The molecule has 0 saturated carbocycles. The van der Waals surface area contributed by atoms with Gasteiger partial charge in [-0.1, -0.05) is 50.6 Å². The number of nitrogen functional groups attached to an aromatic ring is 1. The van der Waals surface area contributed by atoms with Crippen molar-refractivity contribution in [2.45, 2.75) is 46.2 Å². The highest BCUT2D eigenvalue weighted by molar-refractivity contribution is 5.97. The van der Waals surface area contributed by atoms with Crippen molar-refractivity contribution in [3.8, 4) is 0 Å². The van der Waals surface area contributed by atoms with Gasteiger partial charge < -0.3 is 11.1 Å². The number of unbranched alkanes of at least 4 members (excludes halogenated alkanes) is 1. The Morgan fingerprint density at radius 2 is 1.79 bits per heavy atom. The quantitative estimate of drug-likeness (QED) is 0.433. The summed E-state index contributed by atoms with van der Waals surface area (Å²) in [5.74, 6) is -0.653. The number of hydrogen-bond donors (Lipinski definition) is 3. The van der Waals surface area contributed by atoms with Gasteiger partial charge in [-0.25, -0.2) is 4.79 Å². The third-order valence-corrected chi connectivity index (χ3v) is 5.09. The summed E-state index contributed by atoms with van der Waals surface area (Å²) in [6.45, 7) is 4.84. The Labute approximate surface area is 193 Å². The van der Waals surface area contributed by atoms with Crippen molar-refractivity contribution in [2.75, 3.05) is 37.3 Å². The maximum atomic E-state index is 13.3. The standard InChI is InChI=1S/C23H34N6O4/c1-4-6-13-28-21(24)20(22(32)26-23(28)33)29(14-17-10-8-7-9-11-17)19(31)16-27(3)15-18(30)25-12-5-2/h7-11H,4-6,12-16,24H2,1-3H3,(H,25,30)(H,26,32,33). The molecule has 0 spiro atoms. The van der Waals surface area contributed by atoms with Gasteiger partial charge in [0, 0.05) is 13.1 Å². The smallest absolute Gasteiger partial charge is 0.330 e. The molecule has 4 N–H and O–H groups in total. The van der Waals surface area contributed by atoms with E-state index in [0.29, 0.717) is 19.5 Å². The minimum Gasteiger partial charge on any atom is -0.383 e. The number of nitrogens with zero attached hydrogens (tertiary/aromatic N) is 3. The molecule has 0 saturated heterocycles. The van der Waals surface area contributed by atoms with Crippen LogP contribution in [0.15, 0.2) is 39.9 Å². The largest absolute Gasteiger partial charge is 0.383 e. The normalized spacial score (nSPS) is 10.9. The molecular formula is C23H34N6O4. The maximum absolute atomic E-state index is 13.3. The van der Waals surface area contributed by atoms with E-state index in [2.05, 4.69) is 10.3 Å². The van der Waals surface area contributed by atoms with Crippen LogP contribution in [0, 0.1) is 0 Å². The molecule has 2 rings (SSSR count). The molecule has 0 aliphatic heterocycles. The van der Waals surface area contributed by atoms with Crippen molar-refractivity contribution < 1.29 is 9.59 Å². The zero-order valence-corrected chi connectivity index (χ0v) is 19.6. The second kappa shape index (κ2) is 12.6. The highest BCUT2D eigenvalue weighted by atomic mass is 16.2. The Hall–Kier alpha value is -3.40. The highest BCUT2D eigenvalue weighted by Gasteiger charge is 2.25. The molecule has 1 aromatic heterocycles. The van der Waals surface area contributed by atoms with E-state index in [1.54, 1.807) is 11.9 Å². The number of rotatable bonds is 12. The number of H-pyrrole nitrogens is 1. The van der Waals surface area contributed by atoms with Gasteiger partial charge in [-0.15, -0.1) is 0 Å². The Balaban J connectivity index is 2.39. The van der Waals surface area contributed by atoms with Crippen LogP contribution >= 0.6 is 0 Å². The number of likely N-dealkylation sites (N-methyl/N-ethyl adjacent to an activating group) is 1. The van der Waals surface area contributed by atoms with E-state index in [-0.39, 0.29) is 37.0 Å². The molecule has 0 atom stereocenters. The number of nitrogens with one attached hydrogen (secondary N) is 2. The van der Waals surface area contributed by atoms with Gasteiger partial charge in [0.2, 0.25) is 11.8 Å². The molecule has 1 heterocycles. The maximum Gasteiger partial charge on any atom is 0.330 e. The summed E-state index contributed by atoms with van der Waals surface area (Å²) in [6, 6.07) is 9.18. The summed E-state index contributed by atoms with van der Waals surface area (Å²) in [6.07, 6.45) is 2.34. The summed E-state index contributed by atoms with van der Waals surface area (Å²) < 4.78 is 1.29. The van der Waals surface area contributed by atoms with Gasteiger partial charge in [0.1, 0.15) is 5.82 Å². The van der Waals surface area contributed by atoms with E-state index in [1.807, 2.05) is 44.2 Å². The number of carbonyl (C=O) groups is 2. The van der Waals surface area contributed by atoms with Crippen LogP contribution in [-0.4, -0.2) is 52.9 Å². The van der Waals surface area contributed by atoms with Crippen LogP contribution in [0.3, 0.4) is 0 Å². The topological polar surface area (TPSA) is 134 Å². The first-order valence-electron chi connectivity index (χ1n) is 11.2. The summed E-state index contributed by atoms with van der Waals surface area (Å²) in [4.78, 5) is 55.6. The Bertz CT molecular complexity index is 1050. The number of benzene rings is 1. The molecule has 1 aromatic carbocycles. The molecule has 0 aliphatic carbocycles. The second-order valence-electron chi connectivity index (χ2n) is 7.99. The number of hydrogen-bond acceptors (Lipinski definition) is 6. The van der Waals surface area contributed by atoms with Crippen LogP contribution in [0.1, 0.15) is 38.7 Å². The number of carbonyl (C=O) groups excluding carboxylic acids is 2. The molecule has 0 unspecified atom stereocenters. The van der Waals surface area contributed by atoms with Crippen molar-refractivity contribution >= 4 is 23.3 Å². The number of nitrogens with two attached hydrogens (primary N) is 1. The van der Waals surface area contributed by atoms with Crippen molar-refractivity contribution in [2.24, 2.45) is 0 Å². The fourth-order valence-corrected chi connectivity index (χ4v) is 3.37. The van der Waals surface area contributed by atoms with Crippen molar-refractivity contribution in [3.05, 3.63) is 56.7 Å². The molecule has 2 amide bonds. The third kappa shape index (κ3) is 7.31. The van der Waals surface area contributed by atoms with Crippen LogP contribution in [0.2, 0.25) is 0 Å². The second-order valence-corrected chi connectivity index (χ2v) is 7.99. The molecule has 10 heteroatoms. The van der Waals surface area contributed by atoms with Gasteiger partial charge in [0.25, 0.3) is 5.56 Å². The van der Waals surface area contributed by atoms with E-state index in [4.69, 9.17) is 5.73 Å². The lowest BCUT2D eigenvalue weighted by Gasteiger charge is -2.26. The third-order valence-electron chi connectivity index (χ3n) is 5.09. The average molecular weight is 459 g/mol. The fourth-order valence-electron chi connectivity index (χ4n) is 3.37. The lowest BCUT2D eigenvalue weighted by atomic mass is 10.2. The molecule has 0 aliphatic rings. The summed E-state index contributed by atoms with van der Waals surface area (Å²) in [7, 11) is 1.65. The Morgan fingerprint density at radius 3 is 2.42 bits per heavy atom. The summed E-state index contributed by atoms with van der Waals surface area (Å²) in [5, 5.41) is 2.77. The van der Waals surface area contributed by atoms with E-state index in [0.717, 1.165) is 18.4 Å². The van der Waals surface area contributed by atoms with Gasteiger partial charge in [0.15, 0.2) is 5.69 Å². The molecule has 10 nitrogen and oxygen atoms in total. The van der Waals surface area contributed by atoms with E-state index < -0.39 is 17.2 Å². The molecule has 180 valence electrons. The monoisotopic (exact) mass is 458 g/mol. The van der Waals surface area contributed by atoms with E-state index in [1.165, 1.54) is 9.47 Å². The predicted octanol–water partition coefficient (Wildman–Crippen LogP) is 0.910. The van der Waals surface area contributed by atoms with Crippen LogP contribution in [0.5, 0.6) is 0 Å². The Kier molecular flexibility index (Phi) is 9.86. The highest BCUT2D eigenvalue weighted by Crippen LogP contribution is 2.20. The minimum atomic E-state index is -0.724. The fraction of sp³-hybridized carbons (Fsp3) is 0.478. The van der Waals surface area contributed by atoms with Crippen molar-refractivity contribution in [1.29, 1.82) is 0 Å². The molecule has 0 radical (unpaired) electrons. The first-order chi connectivity index (χ1) is 15.8. The predicted molar refractivity (Wildman–Crippen MR) is 129 cm³/mol. The molecule has 33 heavy (non-hydrogen) atoms. The van der Waals surface area contributed by atoms with E-state index >= 15 is 0 Å². The van der Waals surface area contributed by atoms with Crippen molar-refractivity contribution in [1.82, 2.24) is 19.8 Å². The zero-order chi connectivity index (χ0) is 24.4. The number of aromatic amines is 1. The molecule has 0 fully saturated rings. The van der Waals surface area contributed by atoms with Gasteiger partial charge >= 0.3 is 5.69 Å². The first kappa shape index (κ1) is 25.9. The summed E-state index contributed by atoms with van der Waals surface area (Å²) in [5.41, 5.74) is 5.65. The number of aromatic nitrogens is 2. The molecular weight excluding hydrogens is 424 g/mol. The zero-order valence-electron chi connectivity index (χ0n) is 19.6. The average Bonchev–Trinajstić information content (AvgIpc) is 2.77. The van der Waals surface area contributed by atoms with Crippen LogP contribution in [0.4, 0.5) is 11.5 Å². The minimum absolute atomic E-state index is 0.0345. The van der Waals surface area contributed by atoms with Gasteiger partial charge in [-0.05, 0) is 25.5 Å². The lowest BCUT2D eigenvalue weighted by Crippen LogP contribution is -2.46. The van der Waals surface area contributed by atoms with Crippen LogP contribution in [-0.2, 0) is 22.7 Å². The summed E-state index contributed by atoms with van der Waals surface area (Å²) >= 11 is 0. The molecule has 0 bridgehead atoms. The van der Waals surface area contributed by atoms with E-state index in [9.17, 15) is 19.2 Å². The SMILES string of the molecule is CCCCn1c(N)c(N(Cc2ccccc2)C(=O)CN(C)CC(=O)NCCC)c(=O)[nH]c1=O. The Morgan fingerprint density at radius 1 is 1.09 bits per heavy atom. The van der Waals surface area contributed by atoms with Crippen molar-refractivity contribution in [3.63, 3.8) is 0 Å². The van der Waals surface area contributed by atoms with Gasteiger partial charge in [-0.3, -0.25) is 33.7 Å². The lowest BCUT2D eigenvalue weighted by molar-refractivity contribution is -0.123. The van der Waals surface area contributed by atoms with Crippen LogP contribution < -0.4 is 27.2 Å².